The monoisotopic (exact) mass is 366 g/mol. The summed E-state index contributed by atoms with van der Waals surface area (Å²) in [6, 6.07) is 9.43. The topological polar surface area (TPSA) is 84.7 Å². The van der Waals surface area contributed by atoms with Gasteiger partial charge in [0.2, 0.25) is 5.56 Å². The summed E-state index contributed by atoms with van der Waals surface area (Å²) in [5, 5.41) is 1.31. The minimum Gasteiger partial charge on any atom is -0.383 e. The van der Waals surface area contributed by atoms with Gasteiger partial charge < -0.3 is 10.7 Å². The number of halogens is 2. The minimum absolute atomic E-state index is 0.190. The molecule has 128 valence electrons. The molecule has 3 N–H and O–H groups in total. The van der Waals surface area contributed by atoms with Gasteiger partial charge in [0.15, 0.2) is 0 Å². The predicted octanol–water partition coefficient (Wildman–Crippen LogP) is 4.03. The Balaban J connectivity index is 1.89. The van der Waals surface area contributed by atoms with Crippen LogP contribution >= 0.6 is 11.6 Å². The number of benzene rings is 1. The van der Waals surface area contributed by atoms with Crippen LogP contribution in [0.1, 0.15) is 0 Å². The third kappa shape index (κ3) is 2.80. The number of nitrogens with two attached hydrogens (primary N) is 1. The molecule has 0 saturated heterocycles. The molecule has 0 aliphatic rings. The molecule has 0 aliphatic carbocycles. The molecule has 26 heavy (non-hydrogen) atoms. The van der Waals surface area contributed by atoms with E-state index in [1.54, 1.807) is 24.5 Å². The largest absolute Gasteiger partial charge is 0.383 e. The first-order chi connectivity index (χ1) is 12.5. The van der Waals surface area contributed by atoms with E-state index in [1.165, 1.54) is 24.4 Å². The van der Waals surface area contributed by atoms with E-state index in [0.29, 0.717) is 27.1 Å². The average Bonchev–Trinajstić information content (AvgIpc) is 2.66. The second-order valence-corrected chi connectivity index (χ2v) is 6.15. The predicted molar refractivity (Wildman–Crippen MR) is 100 cm³/mol. The van der Waals surface area contributed by atoms with Gasteiger partial charge in [-0.25, -0.2) is 9.37 Å². The zero-order valence-electron chi connectivity index (χ0n) is 13.3. The van der Waals surface area contributed by atoms with Gasteiger partial charge in [0, 0.05) is 51.6 Å². The van der Waals surface area contributed by atoms with Crippen LogP contribution in [0.3, 0.4) is 0 Å². The molecule has 0 spiro atoms. The van der Waals surface area contributed by atoms with Crippen LogP contribution in [0.25, 0.3) is 33.2 Å². The maximum Gasteiger partial charge on any atom is 0.247 e. The molecule has 0 aliphatic heterocycles. The van der Waals surface area contributed by atoms with Crippen LogP contribution in [-0.4, -0.2) is 15.0 Å². The first kappa shape index (κ1) is 16.2. The smallest absolute Gasteiger partial charge is 0.247 e. The van der Waals surface area contributed by atoms with Gasteiger partial charge in [-0.05, 0) is 35.9 Å². The molecule has 0 amide bonds. The molecule has 0 fully saturated rings. The summed E-state index contributed by atoms with van der Waals surface area (Å²) in [6.45, 7) is 0. The fourth-order valence-corrected chi connectivity index (χ4v) is 2.96. The number of rotatable bonds is 2. The van der Waals surface area contributed by atoms with Crippen molar-refractivity contribution < 1.29 is 4.39 Å². The Labute approximate surface area is 152 Å². The molecular weight excluding hydrogens is 355 g/mol. The number of nitrogens with one attached hydrogen (secondary N) is 1. The van der Waals surface area contributed by atoms with Gasteiger partial charge in [0.05, 0.1) is 5.69 Å². The zero-order valence-corrected chi connectivity index (χ0v) is 14.1. The molecule has 0 radical (unpaired) electrons. The zero-order chi connectivity index (χ0) is 18.3. The molecule has 7 heteroatoms. The van der Waals surface area contributed by atoms with E-state index >= 15 is 0 Å². The Kier molecular flexibility index (Phi) is 3.89. The summed E-state index contributed by atoms with van der Waals surface area (Å²) in [7, 11) is 0. The van der Waals surface area contributed by atoms with Gasteiger partial charge in [-0.2, -0.15) is 0 Å². The fourth-order valence-electron chi connectivity index (χ4n) is 2.74. The highest BCUT2D eigenvalue weighted by Gasteiger charge is 2.12. The number of nitrogens with zero attached hydrogens (tertiary/aromatic N) is 2. The Hall–Kier alpha value is -3.25. The van der Waals surface area contributed by atoms with Crippen molar-refractivity contribution in [2.45, 2.75) is 0 Å². The number of fused-ring (bicyclic) bond motifs is 1. The number of hydrogen-bond acceptors (Lipinski definition) is 4. The Morgan fingerprint density at radius 2 is 1.85 bits per heavy atom. The van der Waals surface area contributed by atoms with Crippen LogP contribution in [0.5, 0.6) is 0 Å². The van der Waals surface area contributed by atoms with Crippen molar-refractivity contribution in [3.63, 3.8) is 0 Å². The van der Waals surface area contributed by atoms with Crippen molar-refractivity contribution in [2.75, 3.05) is 5.73 Å². The number of anilines is 1. The van der Waals surface area contributed by atoms with Crippen LogP contribution in [0, 0.1) is 5.82 Å². The van der Waals surface area contributed by atoms with Crippen LogP contribution in [-0.2, 0) is 0 Å². The third-order valence-electron chi connectivity index (χ3n) is 4.11. The van der Waals surface area contributed by atoms with Crippen LogP contribution in [0.2, 0.25) is 5.02 Å². The van der Waals surface area contributed by atoms with Crippen molar-refractivity contribution in [3.05, 3.63) is 76.2 Å². The summed E-state index contributed by atoms with van der Waals surface area (Å²) in [4.78, 5) is 22.4. The summed E-state index contributed by atoms with van der Waals surface area (Å²) < 4.78 is 13.9. The lowest BCUT2D eigenvalue weighted by atomic mass is 10.0. The molecule has 4 aromatic rings. The van der Waals surface area contributed by atoms with Crippen molar-refractivity contribution >= 4 is 28.2 Å². The number of H-pyrrole nitrogens is 1. The highest BCUT2D eigenvalue weighted by Crippen LogP contribution is 2.32. The van der Waals surface area contributed by atoms with Gasteiger partial charge in [0.1, 0.15) is 11.6 Å². The van der Waals surface area contributed by atoms with E-state index in [-0.39, 0.29) is 11.4 Å². The highest BCUT2D eigenvalue weighted by atomic mass is 35.5. The van der Waals surface area contributed by atoms with Crippen molar-refractivity contribution in [1.82, 2.24) is 15.0 Å². The normalized spacial score (nSPS) is 11.0. The van der Waals surface area contributed by atoms with Gasteiger partial charge in [-0.1, -0.05) is 11.6 Å². The molecular formula is C19H12ClFN4O. The van der Waals surface area contributed by atoms with E-state index < -0.39 is 5.82 Å². The lowest BCUT2D eigenvalue weighted by Gasteiger charge is -2.09. The summed E-state index contributed by atoms with van der Waals surface area (Å²) in [5.74, 6) is -0.103. The first-order valence-electron chi connectivity index (χ1n) is 7.72. The lowest BCUT2D eigenvalue weighted by Crippen LogP contribution is -2.02. The highest BCUT2D eigenvalue weighted by molar-refractivity contribution is 6.35. The SMILES string of the molecule is Nc1ncc(-c2ccc(=O)[nH]c2)cc1-c1cc2c(Cl)ccc(F)c2cn1. The van der Waals surface area contributed by atoms with Gasteiger partial charge >= 0.3 is 0 Å². The van der Waals surface area contributed by atoms with Crippen molar-refractivity contribution in [3.8, 4) is 22.4 Å². The van der Waals surface area contributed by atoms with Crippen molar-refractivity contribution in [1.29, 1.82) is 0 Å². The summed E-state index contributed by atoms with van der Waals surface area (Å²) in [6.07, 6.45) is 4.64. The standard InChI is InChI=1S/C19H12ClFN4O/c20-15-2-3-16(21)14-9-23-17(6-12(14)15)13-5-11(8-25-19(13)22)10-1-4-18(26)24-7-10/h1-9H,(H2,22,25)(H,24,26). The Bertz CT molecular complexity index is 1190. The quantitative estimate of drug-likeness (QED) is 0.561. The Morgan fingerprint density at radius 3 is 2.62 bits per heavy atom. The van der Waals surface area contributed by atoms with Crippen molar-refractivity contribution in [2.24, 2.45) is 0 Å². The van der Waals surface area contributed by atoms with E-state index in [0.717, 1.165) is 11.1 Å². The van der Waals surface area contributed by atoms with Crippen LogP contribution in [0.4, 0.5) is 10.2 Å². The molecule has 0 atom stereocenters. The molecule has 3 heterocycles. The van der Waals surface area contributed by atoms with E-state index in [4.69, 9.17) is 17.3 Å². The minimum atomic E-state index is -0.392. The third-order valence-corrected chi connectivity index (χ3v) is 4.44. The van der Waals surface area contributed by atoms with Gasteiger partial charge in [-0.15, -0.1) is 0 Å². The summed E-state index contributed by atoms with van der Waals surface area (Å²) in [5.41, 5.74) is 8.50. The molecule has 4 rings (SSSR count). The maximum atomic E-state index is 13.9. The van der Waals surface area contributed by atoms with E-state index in [2.05, 4.69) is 15.0 Å². The maximum absolute atomic E-state index is 13.9. The number of aromatic amines is 1. The molecule has 3 aromatic heterocycles. The molecule has 5 nitrogen and oxygen atoms in total. The molecule has 0 bridgehead atoms. The second-order valence-electron chi connectivity index (χ2n) is 5.74. The molecule has 0 unspecified atom stereocenters. The number of hydrogen-bond donors (Lipinski definition) is 2. The van der Waals surface area contributed by atoms with E-state index in [1.807, 2.05) is 6.07 Å². The number of aromatic nitrogens is 3. The number of pyridine rings is 3. The number of nitrogen functional groups attached to an aromatic ring is 1. The molecule has 1 aromatic carbocycles. The fraction of sp³-hybridized carbons (Fsp3) is 0. The molecule has 0 saturated carbocycles. The first-order valence-corrected chi connectivity index (χ1v) is 8.09. The summed E-state index contributed by atoms with van der Waals surface area (Å²) >= 11 is 6.20. The average molecular weight is 367 g/mol. The second kappa shape index (κ2) is 6.24. The van der Waals surface area contributed by atoms with Gasteiger partial charge in [0.25, 0.3) is 0 Å². The van der Waals surface area contributed by atoms with Crippen LogP contribution in [0.15, 0.2) is 59.8 Å². The Morgan fingerprint density at radius 1 is 1.00 bits per heavy atom. The lowest BCUT2D eigenvalue weighted by molar-refractivity contribution is 0.639. The van der Waals surface area contributed by atoms with Gasteiger partial charge in [-0.3, -0.25) is 9.78 Å². The van der Waals surface area contributed by atoms with E-state index in [9.17, 15) is 9.18 Å². The van der Waals surface area contributed by atoms with Crippen LogP contribution < -0.4 is 11.3 Å².